The van der Waals surface area contributed by atoms with Gasteiger partial charge in [0.15, 0.2) is 0 Å². The molecule has 0 atom stereocenters. The lowest BCUT2D eigenvalue weighted by atomic mass is 10.1. The highest BCUT2D eigenvalue weighted by Crippen LogP contribution is 2.36. The topological polar surface area (TPSA) is 79.8 Å². The van der Waals surface area contributed by atoms with E-state index in [1.54, 1.807) is 6.92 Å². The van der Waals surface area contributed by atoms with E-state index >= 15 is 0 Å². The molecule has 2 aromatic rings. The fourth-order valence-electron chi connectivity index (χ4n) is 1.69. The molecule has 112 valence electrons. The summed E-state index contributed by atoms with van der Waals surface area (Å²) < 4.78 is 42.4. The van der Waals surface area contributed by atoms with Crippen LogP contribution in [0.15, 0.2) is 18.2 Å². The van der Waals surface area contributed by atoms with Gasteiger partial charge in [-0.15, -0.1) is 0 Å². The summed E-state index contributed by atoms with van der Waals surface area (Å²) in [4.78, 5) is 12.1. The fraction of sp³-hybridized carbons (Fsp3) is 0.273. The van der Waals surface area contributed by atoms with Gasteiger partial charge in [-0.25, -0.2) is 0 Å². The summed E-state index contributed by atoms with van der Waals surface area (Å²) in [5.41, 5.74) is -1.28. The number of aromatic nitrogens is 3. The van der Waals surface area contributed by atoms with Gasteiger partial charge in [0.1, 0.15) is 0 Å². The summed E-state index contributed by atoms with van der Waals surface area (Å²) in [6, 6.07) is 3.40. The van der Waals surface area contributed by atoms with Gasteiger partial charge < -0.3 is 5.32 Å². The van der Waals surface area contributed by atoms with E-state index < -0.39 is 17.6 Å². The number of rotatable bonds is 4. The van der Waals surface area contributed by atoms with E-state index in [1.807, 2.05) is 0 Å². The Hall–Kier alpha value is -2.23. The van der Waals surface area contributed by atoms with E-state index in [4.69, 9.17) is 0 Å². The fourth-order valence-corrected chi connectivity index (χ4v) is 2.05. The van der Waals surface area contributed by atoms with Crippen LogP contribution in [0.1, 0.15) is 22.8 Å². The van der Waals surface area contributed by atoms with Gasteiger partial charge in [0.25, 0.3) is 5.91 Å². The molecule has 1 amide bonds. The van der Waals surface area contributed by atoms with Crippen LogP contribution < -0.4 is 10.6 Å². The smallest absolute Gasteiger partial charge is 0.384 e. The molecule has 0 saturated heterocycles. The van der Waals surface area contributed by atoms with Gasteiger partial charge in [0.2, 0.25) is 5.13 Å². The zero-order valence-corrected chi connectivity index (χ0v) is 11.5. The predicted octanol–water partition coefficient (Wildman–Crippen LogP) is 2.64. The van der Waals surface area contributed by atoms with Crippen molar-refractivity contribution in [1.82, 2.24) is 14.8 Å². The minimum atomic E-state index is -4.56. The molecule has 0 unspecified atom stereocenters. The van der Waals surface area contributed by atoms with Crippen molar-refractivity contribution in [2.24, 2.45) is 0 Å². The van der Waals surface area contributed by atoms with Crippen LogP contribution in [0.2, 0.25) is 0 Å². The first kappa shape index (κ1) is 15.2. The monoisotopic (exact) mass is 317 g/mol. The Morgan fingerprint density at radius 2 is 2.14 bits per heavy atom. The molecule has 2 N–H and O–H groups in total. The van der Waals surface area contributed by atoms with E-state index in [0.29, 0.717) is 0 Å². The van der Waals surface area contributed by atoms with Gasteiger partial charge >= 0.3 is 6.18 Å². The number of nitrogens with zero attached hydrogens (tertiary/aromatic N) is 3. The molecule has 0 aliphatic carbocycles. The number of anilines is 2. The molecule has 21 heavy (non-hydrogen) atoms. The molecule has 1 aromatic heterocycles. The van der Waals surface area contributed by atoms with Gasteiger partial charge in [-0.05, 0) is 24.3 Å². The van der Waals surface area contributed by atoms with E-state index in [2.05, 4.69) is 25.4 Å². The van der Waals surface area contributed by atoms with Gasteiger partial charge in [-0.2, -0.15) is 13.2 Å². The molecule has 0 aliphatic rings. The quantitative estimate of drug-likeness (QED) is 0.906. The number of carbonyl (C=O) groups is 1. The molecule has 10 heteroatoms. The van der Waals surface area contributed by atoms with Gasteiger partial charge in [-0.3, -0.25) is 10.1 Å². The Morgan fingerprint density at radius 1 is 1.38 bits per heavy atom. The van der Waals surface area contributed by atoms with Crippen molar-refractivity contribution in [2.45, 2.75) is 13.1 Å². The summed E-state index contributed by atoms with van der Waals surface area (Å²) in [5, 5.41) is 11.8. The van der Waals surface area contributed by atoms with E-state index in [1.165, 1.54) is 12.1 Å². The predicted molar refractivity (Wildman–Crippen MR) is 71.3 cm³/mol. The second-order valence-corrected chi connectivity index (χ2v) is 4.61. The maximum absolute atomic E-state index is 13.0. The lowest BCUT2D eigenvalue weighted by Crippen LogP contribution is -2.18. The molecular weight excluding hydrogens is 307 g/mol. The van der Waals surface area contributed by atoms with Gasteiger partial charge in [-0.1, -0.05) is 15.7 Å². The van der Waals surface area contributed by atoms with Crippen LogP contribution in [-0.4, -0.2) is 27.3 Å². The SMILES string of the molecule is CCNc1c(C(=O)Nc2nnns2)cccc1C(F)(F)F. The number of hydrogen-bond donors (Lipinski definition) is 2. The van der Waals surface area contributed by atoms with Gasteiger partial charge in [0.05, 0.1) is 16.8 Å². The highest BCUT2D eigenvalue weighted by molar-refractivity contribution is 7.09. The average Bonchev–Trinajstić information content (AvgIpc) is 2.90. The maximum Gasteiger partial charge on any atom is 0.418 e. The van der Waals surface area contributed by atoms with Crippen molar-refractivity contribution in [1.29, 1.82) is 0 Å². The molecule has 0 bridgehead atoms. The first-order chi connectivity index (χ1) is 9.93. The molecule has 2 rings (SSSR count). The highest BCUT2D eigenvalue weighted by atomic mass is 32.1. The van der Waals surface area contributed by atoms with E-state index in [-0.39, 0.29) is 22.9 Å². The molecule has 0 spiro atoms. The van der Waals surface area contributed by atoms with Crippen LogP contribution in [0.25, 0.3) is 0 Å². The van der Waals surface area contributed by atoms with Gasteiger partial charge in [0, 0.05) is 18.1 Å². The van der Waals surface area contributed by atoms with Crippen LogP contribution in [0.3, 0.4) is 0 Å². The summed E-state index contributed by atoms with van der Waals surface area (Å²) in [6.07, 6.45) is -4.56. The summed E-state index contributed by atoms with van der Waals surface area (Å²) >= 11 is 0.828. The molecule has 0 aliphatic heterocycles. The van der Waals surface area contributed by atoms with Crippen LogP contribution in [0.5, 0.6) is 0 Å². The van der Waals surface area contributed by atoms with E-state index in [9.17, 15) is 18.0 Å². The van der Waals surface area contributed by atoms with Crippen LogP contribution in [-0.2, 0) is 6.18 Å². The third kappa shape index (κ3) is 3.45. The molecule has 0 radical (unpaired) electrons. The zero-order chi connectivity index (χ0) is 15.5. The number of nitrogens with one attached hydrogen (secondary N) is 2. The summed E-state index contributed by atoms with van der Waals surface area (Å²) in [7, 11) is 0. The lowest BCUT2D eigenvalue weighted by Gasteiger charge is -2.16. The lowest BCUT2D eigenvalue weighted by molar-refractivity contribution is -0.136. The zero-order valence-electron chi connectivity index (χ0n) is 10.7. The summed E-state index contributed by atoms with van der Waals surface area (Å²) in [5.74, 6) is -0.712. The minimum Gasteiger partial charge on any atom is -0.384 e. The van der Waals surface area contributed by atoms with Crippen molar-refractivity contribution >= 4 is 28.3 Å². The van der Waals surface area contributed by atoms with Crippen LogP contribution in [0.4, 0.5) is 24.0 Å². The second kappa shape index (κ2) is 6.04. The van der Waals surface area contributed by atoms with E-state index in [0.717, 1.165) is 17.6 Å². The third-order valence-corrected chi connectivity index (χ3v) is 3.00. The van der Waals surface area contributed by atoms with Crippen molar-refractivity contribution in [2.75, 3.05) is 17.2 Å². The second-order valence-electron chi connectivity index (χ2n) is 3.88. The normalized spacial score (nSPS) is 11.2. The molecule has 1 heterocycles. The Kier molecular flexibility index (Phi) is 4.36. The molecule has 0 saturated carbocycles. The summed E-state index contributed by atoms with van der Waals surface area (Å²) in [6.45, 7) is 1.89. The van der Waals surface area contributed by atoms with Crippen molar-refractivity contribution in [3.8, 4) is 0 Å². The molecular formula is C11H10F3N5OS. The van der Waals surface area contributed by atoms with Crippen molar-refractivity contribution < 1.29 is 18.0 Å². The average molecular weight is 317 g/mol. The molecule has 1 aromatic carbocycles. The maximum atomic E-state index is 13.0. The Labute approximate surface area is 121 Å². The minimum absolute atomic E-state index is 0.111. The standard InChI is InChI=1S/C11H10F3N5OS/c1-2-15-8-6(4-3-5-7(8)11(12,13)14)9(20)16-10-17-18-19-21-10/h3-5,15H,2H2,1H3,(H,16,17,19,20). The number of hydrogen-bond acceptors (Lipinski definition) is 6. The van der Waals surface area contributed by atoms with Crippen LogP contribution in [0, 0.1) is 0 Å². The number of carbonyl (C=O) groups excluding carboxylic acids is 1. The number of benzene rings is 1. The number of amides is 1. The number of halogens is 3. The first-order valence-corrected chi connectivity index (χ1v) is 6.61. The number of alkyl halides is 3. The third-order valence-electron chi connectivity index (χ3n) is 2.49. The largest absolute Gasteiger partial charge is 0.418 e. The Balaban J connectivity index is 2.40. The van der Waals surface area contributed by atoms with Crippen molar-refractivity contribution in [3.63, 3.8) is 0 Å². The Morgan fingerprint density at radius 3 is 2.71 bits per heavy atom. The number of para-hydroxylation sites is 1. The van der Waals surface area contributed by atoms with Crippen molar-refractivity contribution in [3.05, 3.63) is 29.3 Å². The molecule has 0 fully saturated rings. The van der Waals surface area contributed by atoms with Crippen LogP contribution >= 0.6 is 11.5 Å². The Bertz CT molecular complexity index is 629. The highest BCUT2D eigenvalue weighted by Gasteiger charge is 2.35. The molecule has 6 nitrogen and oxygen atoms in total. The first-order valence-electron chi connectivity index (χ1n) is 5.84.